The molecule has 0 bridgehead atoms. The summed E-state index contributed by atoms with van der Waals surface area (Å²) in [5.41, 5.74) is 1.96. The quantitative estimate of drug-likeness (QED) is 0.887. The predicted molar refractivity (Wildman–Crippen MR) is 99.8 cm³/mol. The summed E-state index contributed by atoms with van der Waals surface area (Å²) in [4.78, 5) is 12.9. The first-order valence-corrected chi connectivity index (χ1v) is 9.05. The third-order valence-corrected chi connectivity index (χ3v) is 4.63. The van der Waals surface area contributed by atoms with Crippen LogP contribution in [-0.2, 0) is 6.54 Å². The van der Waals surface area contributed by atoms with Crippen molar-refractivity contribution >= 4 is 5.91 Å². The van der Waals surface area contributed by atoms with Crippen molar-refractivity contribution in [2.75, 3.05) is 7.11 Å². The van der Waals surface area contributed by atoms with E-state index in [0.29, 0.717) is 12.0 Å². The van der Waals surface area contributed by atoms with E-state index in [1.807, 2.05) is 49.8 Å². The second-order valence-corrected chi connectivity index (χ2v) is 7.39. The average molecular weight is 357 g/mol. The summed E-state index contributed by atoms with van der Waals surface area (Å²) in [7, 11) is 1.63. The van der Waals surface area contributed by atoms with Crippen LogP contribution in [0.1, 0.15) is 61.3 Å². The van der Waals surface area contributed by atoms with Crippen molar-refractivity contribution in [3.8, 4) is 11.5 Å². The highest BCUT2D eigenvalue weighted by atomic mass is 16.5. The molecule has 0 aliphatic carbocycles. The first-order valence-electron chi connectivity index (χ1n) is 9.05. The molecule has 2 heterocycles. The number of hydrogen-bond donors (Lipinski definition) is 1. The third kappa shape index (κ3) is 3.69. The number of nitrogens with one attached hydrogen (secondary N) is 1. The number of aromatic nitrogens is 2. The molecule has 1 unspecified atom stereocenters. The van der Waals surface area contributed by atoms with Gasteiger partial charge in [0.1, 0.15) is 17.1 Å². The van der Waals surface area contributed by atoms with Crippen LogP contribution in [0.2, 0.25) is 0 Å². The zero-order valence-electron chi connectivity index (χ0n) is 16.1. The SMILES string of the molecule is CCCn1cc(C(=O)NC2CC(C)(C)Oc3cc(OC)ccc32)c(C)n1. The molecule has 0 spiro atoms. The van der Waals surface area contributed by atoms with E-state index in [4.69, 9.17) is 9.47 Å². The summed E-state index contributed by atoms with van der Waals surface area (Å²) < 4.78 is 13.2. The van der Waals surface area contributed by atoms with Crippen LogP contribution < -0.4 is 14.8 Å². The first-order chi connectivity index (χ1) is 12.3. The van der Waals surface area contributed by atoms with Crippen molar-refractivity contribution in [1.29, 1.82) is 0 Å². The lowest BCUT2D eigenvalue weighted by Gasteiger charge is -2.38. The van der Waals surface area contributed by atoms with Crippen molar-refractivity contribution in [2.24, 2.45) is 0 Å². The zero-order valence-corrected chi connectivity index (χ0v) is 16.1. The van der Waals surface area contributed by atoms with Gasteiger partial charge in [0.2, 0.25) is 0 Å². The summed E-state index contributed by atoms with van der Waals surface area (Å²) >= 11 is 0. The number of carbonyl (C=O) groups excluding carboxylic acids is 1. The average Bonchev–Trinajstić information content (AvgIpc) is 2.94. The molecule has 6 heteroatoms. The summed E-state index contributed by atoms with van der Waals surface area (Å²) in [6.07, 6.45) is 3.50. The highest BCUT2D eigenvalue weighted by Crippen LogP contribution is 2.41. The standard InChI is InChI=1S/C20H27N3O3/c1-6-9-23-12-16(13(2)22-23)19(24)21-17-11-20(3,4)26-18-10-14(25-5)7-8-15(17)18/h7-8,10,12,17H,6,9,11H2,1-5H3,(H,21,24). The Balaban J connectivity index is 1.86. The molecule has 0 saturated carbocycles. The van der Waals surface area contributed by atoms with Gasteiger partial charge >= 0.3 is 0 Å². The molecule has 26 heavy (non-hydrogen) atoms. The van der Waals surface area contributed by atoms with Crippen LogP contribution in [0, 0.1) is 6.92 Å². The van der Waals surface area contributed by atoms with Gasteiger partial charge in [-0.3, -0.25) is 9.48 Å². The minimum absolute atomic E-state index is 0.102. The Kier molecular flexibility index (Phi) is 4.94. The van der Waals surface area contributed by atoms with Gasteiger partial charge in [0, 0.05) is 30.8 Å². The fraction of sp³-hybridized carbons (Fsp3) is 0.500. The molecule has 1 aromatic heterocycles. The van der Waals surface area contributed by atoms with Gasteiger partial charge in [-0.1, -0.05) is 6.92 Å². The molecule has 1 aliphatic heterocycles. The smallest absolute Gasteiger partial charge is 0.255 e. The Morgan fingerprint density at radius 1 is 1.46 bits per heavy atom. The Bertz CT molecular complexity index is 811. The van der Waals surface area contributed by atoms with E-state index < -0.39 is 0 Å². The number of carbonyl (C=O) groups is 1. The van der Waals surface area contributed by atoms with Gasteiger partial charge < -0.3 is 14.8 Å². The number of aryl methyl sites for hydroxylation is 2. The number of nitrogens with zero attached hydrogens (tertiary/aromatic N) is 2. The topological polar surface area (TPSA) is 65.4 Å². The zero-order chi connectivity index (χ0) is 18.9. The van der Waals surface area contributed by atoms with Crippen molar-refractivity contribution in [3.63, 3.8) is 0 Å². The van der Waals surface area contributed by atoms with E-state index in [1.165, 1.54) is 0 Å². The summed E-state index contributed by atoms with van der Waals surface area (Å²) in [5.74, 6) is 1.39. The summed E-state index contributed by atoms with van der Waals surface area (Å²) in [6.45, 7) is 8.82. The van der Waals surface area contributed by atoms with Crippen LogP contribution >= 0.6 is 0 Å². The van der Waals surface area contributed by atoms with Gasteiger partial charge in [-0.15, -0.1) is 0 Å². The fourth-order valence-electron chi connectivity index (χ4n) is 3.41. The molecule has 2 aromatic rings. The number of benzene rings is 1. The lowest BCUT2D eigenvalue weighted by Crippen LogP contribution is -2.41. The van der Waals surface area contributed by atoms with E-state index >= 15 is 0 Å². The third-order valence-electron chi connectivity index (χ3n) is 4.63. The maximum absolute atomic E-state index is 12.9. The first kappa shape index (κ1) is 18.3. The second-order valence-electron chi connectivity index (χ2n) is 7.39. The van der Waals surface area contributed by atoms with Gasteiger partial charge in [0.05, 0.1) is 24.4 Å². The number of amides is 1. The van der Waals surface area contributed by atoms with Crippen LogP contribution in [-0.4, -0.2) is 28.4 Å². The van der Waals surface area contributed by atoms with Crippen LogP contribution in [0.4, 0.5) is 0 Å². The molecular weight excluding hydrogens is 330 g/mol. The molecule has 1 amide bonds. The maximum Gasteiger partial charge on any atom is 0.255 e. The van der Waals surface area contributed by atoms with Crippen molar-refractivity contribution in [3.05, 3.63) is 41.2 Å². The van der Waals surface area contributed by atoms with Crippen LogP contribution in [0.5, 0.6) is 11.5 Å². The van der Waals surface area contributed by atoms with Gasteiger partial charge in [0.25, 0.3) is 5.91 Å². The largest absolute Gasteiger partial charge is 0.497 e. The van der Waals surface area contributed by atoms with E-state index in [-0.39, 0.29) is 17.6 Å². The normalized spacial score (nSPS) is 18.0. The van der Waals surface area contributed by atoms with Crippen molar-refractivity contribution in [1.82, 2.24) is 15.1 Å². The molecule has 0 radical (unpaired) electrons. The molecule has 3 rings (SSSR count). The Hall–Kier alpha value is -2.50. The molecule has 1 aliphatic rings. The number of hydrogen-bond acceptors (Lipinski definition) is 4. The lowest BCUT2D eigenvalue weighted by molar-refractivity contribution is 0.0617. The fourth-order valence-corrected chi connectivity index (χ4v) is 3.41. The number of rotatable bonds is 5. The predicted octanol–water partition coefficient (Wildman–Crippen LogP) is 3.64. The van der Waals surface area contributed by atoms with Gasteiger partial charge in [0.15, 0.2) is 0 Å². The summed E-state index contributed by atoms with van der Waals surface area (Å²) in [5, 5.41) is 7.59. The molecule has 0 fully saturated rings. The maximum atomic E-state index is 12.9. The molecule has 140 valence electrons. The Morgan fingerprint density at radius 3 is 2.92 bits per heavy atom. The minimum atomic E-state index is -0.376. The van der Waals surface area contributed by atoms with E-state index in [9.17, 15) is 4.79 Å². The van der Waals surface area contributed by atoms with Crippen LogP contribution in [0.25, 0.3) is 0 Å². The number of ether oxygens (including phenoxy) is 2. The molecule has 0 saturated heterocycles. The highest BCUT2D eigenvalue weighted by Gasteiger charge is 2.35. The minimum Gasteiger partial charge on any atom is -0.497 e. The van der Waals surface area contributed by atoms with E-state index in [2.05, 4.69) is 17.3 Å². The molecule has 6 nitrogen and oxygen atoms in total. The molecule has 1 atom stereocenters. The molecule has 1 aromatic carbocycles. The second kappa shape index (κ2) is 7.02. The number of methoxy groups -OCH3 is 1. The Morgan fingerprint density at radius 2 is 2.23 bits per heavy atom. The molecule has 1 N–H and O–H groups in total. The van der Waals surface area contributed by atoms with Crippen molar-refractivity contribution < 1.29 is 14.3 Å². The van der Waals surface area contributed by atoms with E-state index in [1.54, 1.807) is 7.11 Å². The monoisotopic (exact) mass is 357 g/mol. The van der Waals surface area contributed by atoms with Crippen LogP contribution in [0.15, 0.2) is 24.4 Å². The van der Waals surface area contributed by atoms with Gasteiger partial charge in [-0.05, 0) is 39.3 Å². The highest BCUT2D eigenvalue weighted by molar-refractivity contribution is 5.95. The van der Waals surface area contributed by atoms with Gasteiger partial charge in [-0.2, -0.15) is 5.10 Å². The summed E-state index contributed by atoms with van der Waals surface area (Å²) in [6, 6.07) is 5.60. The number of fused-ring (bicyclic) bond motifs is 1. The lowest BCUT2D eigenvalue weighted by atomic mass is 9.89. The Labute approximate surface area is 154 Å². The molecular formula is C20H27N3O3. The van der Waals surface area contributed by atoms with E-state index in [0.717, 1.165) is 35.7 Å². The van der Waals surface area contributed by atoms with Crippen LogP contribution in [0.3, 0.4) is 0 Å². The van der Waals surface area contributed by atoms with Gasteiger partial charge in [-0.25, -0.2) is 0 Å². The van der Waals surface area contributed by atoms with Crippen molar-refractivity contribution in [2.45, 2.75) is 58.7 Å².